The maximum atomic E-state index is 11.1. The highest BCUT2D eigenvalue weighted by Crippen LogP contribution is 2.17. The number of rotatable bonds is 6. The Bertz CT molecular complexity index is 494. The third kappa shape index (κ3) is 4.40. The van der Waals surface area contributed by atoms with Crippen LogP contribution >= 0.6 is 0 Å². The minimum atomic E-state index is -4.14. The molecule has 1 unspecified atom stereocenters. The van der Waals surface area contributed by atoms with Gasteiger partial charge >= 0.3 is 0 Å². The van der Waals surface area contributed by atoms with Crippen LogP contribution in [-0.2, 0) is 21.3 Å². The monoisotopic (exact) mass is 272 g/mol. The van der Waals surface area contributed by atoms with Crippen LogP contribution in [0.25, 0.3) is 0 Å². The van der Waals surface area contributed by atoms with Gasteiger partial charge in [0.1, 0.15) is 0 Å². The molecule has 1 N–H and O–H groups in total. The van der Waals surface area contributed by atoms with Gasteiger partial charge < -0.3 is 4.74 Å². The molecule has 0 fully saturated rings. The molecule has 0 aliphatic rings. The van der Waals surface area contributed by atoms with Crippen molar-refractivity contribution in [3.05, 3.63) is 29.3 Å². The number of ether oxygens (including phenoxy) is 1. The highest BCUT2D eigenvalue weighted by molar-refractivity contribution is 7.85. The lowest BCUT2D eigenvalue weighted by Gasteiger charge is -2.14. The number of hydrogen-bond acceptors (Lipinski definition) is 3. The van der Waals surface area contributed by atoms with E-state index in [9.17, 15) is 8.42 Å². The second kappa shape index (κ2) is 6.31. The smallest absolute Gasteiger partial charge is 0.294 e. The third-order valence-electron chi connectivity index (χ3n) is 2.73. The Hall–Kier alpha value is -0.910. The maximum Gasteiger partial charge on any atom is 0.294 e. The molecule has 1 atom stereocenters. The van der Waals surface area contributed by atoms with Gasteiger partial charge in [-0.3, -0.25) is 4.55 Å². The quantitative estimate of drug-likeness (QED) is 0.808. The molecule has 1 aromatic carbocycles. The summed E-state index contributed by atoms with van der Waals surface area (Å²) in [5, 5.41) is 0. The third-order valence-corrected chi connectivity index (χ3v) is 3.58. The molecule has 18 heavy (non-hydrogen) atoms. The van der Waals surface area contributed by atoms with E-state index in [4.69, 9.17) is 9.29 Å². The standard InChI is InChI=1S/C13H20O4S/c1-4-7-17-11(3)8-12-9-13(18(14,15)16)6-5-10(12)2/h5-6,9,11H,4,7-8H2,1-3H3,(H,14,15,16). The SMILES string of the molecule is CCCOC(C)Cc1cc(S(=O)(=O)O)ccc1C. The van der Waals surface area contributed by atoms with Crippen LogP contribution in [0.15, 0.2) is 23.1 Å². The molecule has 0 amide bonds. The Morgan fingerprint density at radius 3 is 2.61 bits per heavy atom. The van der Waals surface area contributed by atoms with Crippen LogP contribution in [0, 0.1) is 6.92 Å². The molecule has 0 saturated heterocycles. The molecule has 0 radical (unpaired) electrons. The summed E-state index contributed by atoms with van der Waals surface area (Å²) in [5.41, 5.74) is 1.88. The second-order valence-electron chi connectivity index (χ2n) is 4.45. The van der Waals surface area contributed by atoms with Crippen molar-refractivity contribution in [2.45, 2.75) is 44.6 Å². The highest BCUT2D eigenvalue weighted by Gasteiger charge is 2.13. The molecular formula is C13H20O4S. The van der Waals surface area contributed by atoms with Gasteiger partial charge in [-0.15, -0.1) is 0 Å². The van der Waals surface area contributed by atoms with E-state index in [2.05, 4.69) is 0 Å². The lowest BCUT2D eigenvalue weighted by atomic mass is 10.0. The number of aryl methyl sites for hydroxylation is 1. The number of benzene rings is 1. The van der Waals surface area contributed by atoms with Gasteiger partial charge in [0.05, 0.1) is 11.0 Å². The summed E-state index contributed by atoms with van der Waals surface area (Å²) in [6.45, 7) is 6.60. The minimum absolute atomic E-state index is 0.0281. The number of hydrogen-bond donors (Lipinski definition) is 1. The zero-order valence-electron chi connectivity index (χ0n) is 11.0. The van der Waals surface area contributed by atoms with Crippen molar-refractivity contribution in [1.29, 1.82) is 0 Å². The lowest BCUT2D eigenvalue weighted by molar-refractivity contribution is 0.0668. The molecular weight excluding hydrogens is 252 g/mol. The van der Waals surface area contributed by atoms with E-state index in [0.717, 1.165) is 17.5 Å². The predicted octanol–water partition coefficient (Wildman–Crippen LogP) is 2.60. The molecule has 0 aromatic heterocycles. The van der Waals surface area contributed by atoms with E-state index in [1.165, 1.54) is 12.1 Å². The Morgan fingerprint density at radius 2 is 2.06 bits per heavy atom. The van der Waals surface area contributed by atoms with E-state index in [-0.39, 0.29) is 11.0 Å². The van der Waals surface area contributed by atoms with Crippen LogP contribution in [0.3, 0.4) is 0 Å². The van der Waals surface area contributed by atoms with E-state index in [0.29, 0.717) is 13.0 Å². The predicted molar refractivity (Wildman–Crippen MR) is 70.4 cm³/mol. The molecule has 0 bridgehead atoms. The molecule has 0 spiro atoms. The fraction of sp³-hybridized carbons (Fsp3) is 0.538. The molecule has 5 heteroatoms. The van der Waals surface area contributed by atoms with E-state index in [1.807, 2.05) is 20.8 Å². The van der Waals surface area contributed by atoms with Crippen LogP contribution in [-0.4, -0.2) is 25.7 Å². The van der Waals surface area contributed by atoms with Crippen LogP contribution in [0.2, 0.25) is 0 Å². The summed E-state index contributed by atoms with van der Waals surface area (Å²) in [5.74, 6) is 0. The van der Waals surface area contributed by atoms with Crippen molar-refractivity contribution in [3.8, 4) is 0 Å². The molecule has 102 valence electrons. The van der Waals surface area contributed by atoms with Gasteiger partial charge in [-0.05, 0) is 49.9 Å². The van der Waals surface area contributed by atoms with Crippen molar-refractivity contribution < 1.29 is 17.7 Å². The Balaban J connectivity index is 2.88. The molecule has 0 aliphatic carbocycles. The van der Waals surface area contributed by atoms with Gasteiger partial charge in [0.2, 0.25) is 0 Å². The molecule has 0 heterocycles. The highest BCUT2D eigenvalue weighted by atomic mass is 32.2. The first-order valence-corrected chi connectivity index (χ1v) is 7.47. The fourth-order valence-electron chi connectivity index (χ4n) is 1.72. The minimum Gasteiger partial charge on any atom is -0.378 e. The van der Waals surface area contributed by atoms with E-state index >= 15 is 0 Å². The lowest BCUT2D eigenvalue weighted by Crippen LogP contribution is -2.13. The van der Waals surface area contributed by atoms with Gasteiger partial charge in [0, 0.05) is 6.61 Å². The summed E-state index contributed by atoms with van der Waals surface area (Å²) < 4.78 is 36.7. The zero-order valence-corrected chi connectivity index (χ0v) is 11.8. The summed E-state index contributed by atoms with van der Waals surface area (Å²) >= 11 is 0. The first-order valence-electron chi connectivity index (χ1n) is 6.03. The summed E-state index contributed by atoms with van der Waals surface area (Å²) in [6, 6.07) is 4.62. The van der Waals surface area contributed by atoms with Crippen molar-refractivity contribution in [2.24, 2.45) is 0 Å². The molecule has 1 rings (SSSR count). The van der Waals surface area contributed by atoms with Gasteiger partial charge in [0.15, 0.2) is 0 Å². The summed E-state index contributed by atoms with van der Waals surface area (Å²) in [4.78, 5) is -0.0641. The van der Waals surface area contributed by atoms with Crippen LogP contribution in [0.1, 0.15) is 31.4 Å². The van der Waals surface area contributed by atoms with Crippen molar-refractivity contribution in [2.75, 3.05) is 6.61 Å². The summed E-state index contributed by atoms with van der Waals surface area (Å²) in [7, 11) is -4.14. The van der Waals surface area contributed by atoms with Crippen molar-refractivity contribution in [1.82, 2.24) is 0 Å². The van der Waals surface area contributed by atoms with Crippen LogP contribution < -0.4 is 0 Å². The maximum absolute atomic E-state index is 11.1. The van der Waals surface area contributed by atoms with E-state index in [1.54, 1.807) is 6.07 Å². The van der Waals surface area contributed by atoms with Crippen molar-refractivity contribution >= 4 is 10.1 Å². The molecule has 0 saturated carbocycles. The topological polar surface area (TPSA) is 63.6 Å². The van der Waals surface area contributed by atoms with Crippen LogP contribution in [0.4, 0.5) is 0 Å². The molecule has 1 aromatic rings. The molecule has 4 nitrogen and oxygen atoms in total. The van der Waals surface area contributed by atoms with Gasteiger partial charge in [-0.25, -0.2) is 0 Å². The zero-order chi connectivity index (χ0) is 13.8. The Morgan fingerprint density at radius 1 is 1.39 bits per heavy atom. The summed E-state index contributed by atoms with van der Waals surface area (Å²) in [6.07, 6.45) is 1.61. The van der Waals surface area contributed by atoms with Gasteiger partial charge in [-0.2, -0.15) is 8.42 Å². The van der Waals surface area contributed by atoms with E-state index < -0.39 is 10.1 Å². The average Bonchev–Trinajstić information content (AvgIpc) is 2.28. The van der Waals surface area contributed by atoms with Gasteiger partial charge in [0.25, 0.3) is 10.1 Å². The fourth-order valence-corrected chi connectivity index (χ4v) is 2.25. The first kappa shape index (κ1) is 15.1. The first-order chi connectivity index (χ1) is 8.34. The second-order valence-corrected chi connectivity index (χ2v) is 5.87. The Labute approximate surface area is 109 Å². The van der Waals surface area contributed by atoms with Crippen molar-refractivity contribution in [3.63, 3.8) is 0 Å². The van der Waals surface area contributed by atoms with Crippen LogP contribution in [0.5, 0.6) is 0 Å². The Kier molecular flexibility index (Phi) is 5.31. The molecule has 0 aliphatic heterocycles. The van der Waals surface area contributed by atoms with Gasteiger partial charge in [-0.1, -0.05) is 13.0 Å². The largest absolute Gasteiger partial charge is 0.378 e. The average molecular weight is 272 g/mol. The normalized spacial score (nSPS) is 13.6.